The fraction of sp³-hybridized carbons (Fsp3) is 0. The molecule has 0 aliphatic rings. The van der Waals surface area contributed by atoms with Crippen LogP contribution in [0.25, 0.3) is 0 Å². The Bertz CT molecular complexity index is 654. The first-order valence-electron chi connectivity index (χ1n) is 5.17. The lowest BCUT2D eigenvalue weighted by atomic mass is 10.1. The zero-order valence-corrected chi connectivity index (χ0v) is 11.9. The number of hydrogen-bond donors (Lipinski definition) is 3. The van der Waals surface area contributed by atoms with Gasteiger partial charge in [-0.05, 0) is 46.3 Å². The van der Waals surface area contributed by atoms with Gasteiger partial charge in [0.2, 0.25) is 0 Å². The van der Waals surface area contributed by atoms with Gasteiger partial charge in [-0.1, -0.05) is 0 Å². The SMILES string of the molecule is Nc1cc(C(=O)O)ccc1NC(=O)c1ccc(Br)s1. The minimum absolute atomic E-state index is 0.0781. The predicted octanol–water partition coefficient (Wildman–Crippen LogP) is 3.04. The highest BCUT2D eigenvalue weighted by atomic mass is 79.9. The molecule has 1 aromatic carbocycles. The van der Waals surface area contributed by atoms with E-state index in [0.717, 1.165) is 3.79 Å². The summed E-state index contributed by atoms with van der Waals surface area (Å²) in [5.41, 5.74) is 6.39. The van der Waals surface area contributed by atoms with E-state index in [1.165, 1.54) is 29.5 Å². The van der Waals surface area contributed by atoms with E-state index >= 15 is 0 Å². The van der Waals surface area contributed by atoms with Gasteiger partial charge in [-0.3, -0.25) is 4.79 Å². The first-order valence-corrected chi connectivity index (χ1v) is 6.78. The molecule has 0 saturated carbocycles. The summed E-state index contributed by atoms with van der Waals surface area (Å²) in [4.78, 5) is 23.2. The van der Waals surface area contributed by atoms with Crippen LogP contribution in [0.15, 0.2) is 34.1 Å². The van der Waals surface area contributed by atoms with Crippen LogP contribution in [0.3, 0.4) is 0 Å². The van der Waals surface area contributed by atoms with E-state index in [9.17, 15) is 9.59 Å². The maximum Gasteiger partial charge on any atom is 0.335 e. The van der Waals surface area contributed by atoms with Gasteiger partial charge >= 0.3 is 5.97 Å². The minimum Gasteiger partial charge on any atom is -0.478 e. The largest absolute Gasteiger partial charge is 0.478 e. The summed E-state index contributed by atoms with van der Waals surface area (Å²) in [5.74, 6) is -1.35. The van der Waals surface area contributed by atoms with E-state index in [-0.39, 0.29) is 17.2 Å². The summed E-state index contributed by atoms with van der Waals surface area (Å²) < 4.78 is 0.854. The number of carbonyl (C=O) groups excluding carboxylic acids is 1. The Morgan fingerprint density at radius 3 is 2.53 bits per heavy atom. The Morgan fingerprint density at radius 1 is 1.26 bits per heavy atom. The molecule has 2 aromatic rings. The van der Waals surface area contributed by atoms with Crippen LogP contribution in [0, 0.1) is 0 Å². The van der Waals surface area contributed by atoms with Crippen molar-refractivity contribution in [1.82, 2.24) is 0 Å². The van der Waals surface area contributed by atoms with Crippen molar-refractivity contribution in [1.29, 1.82) is 0 Å². The Labute approximate surface area is 121 Å². The standard InChI is InChI=1S/C12H9BrN2O3S/c13-10-4-3-9(19-10)11(16)15-8-2-1-6(12(17)18)5-7(8)14/h1-5H,14H2,(H,15,16)(H,17,18). The maximum absolute atomic E-state index is 11.9. The summed E-state index contributed by atoms with van der Waals surface area (Å²) in [5, 5.41) is 11.5. The molecule has 5 nitrogen and oxygen atoms in total. The van der Waals surface area contributed by atoms with Crippen molar-refractivity contribution in [3.05, 3.63) is 44.6 Å². The van der Waals surface area contributed by atoms with Crippen molar-refractivity contribution in [2.24, 2.45) is 0 Å². The zero-order valence-electron chi connectivity index (χ0n) is 9.51. The monoisotopic (exact) mass is 340 g/mol. The summed E-state index contributed by atoms with van der Waals surface area (Å²) in [6, 6.07) is 7.63. The number of rotatable bonds is 3. The van der Waals surface area contributed by atoms with Crippen molar-refractivity contribution >= 4 is 50.5 Å². The fourth-order valence-electron chi connectivity index (χ4n) is 1.43. The van der Waals surface area contributed by atoms with Crippen molar-refractivity contribution in [2.75, 3.05) is 11.1 Å². The predicted molar refractivity (Wildman–Crippen MR) is 77.8 cm³/mol. The van der Waals surface area contributed by atoms with Crippen molar-refractivity contribution < 1.29 is 14.7 Å². The molecule has 0 aliphatic carbocycles. The molecule has 1 amide bonds. The van der Waals surface area contributed by atoms with Crippen molar-refractivity contribution in [3.8, 4) is 0 Å². The summed E-state index contributed by atoms with van der Waals surface area (Å²) in [6.45, 7) is 0. The fourth-order valence-corrected chi connectivity index (χ4v) is 2.71. The summed E-state index contributed by atoms with van der Waals surface area (Å²) >= 11 is 4.57. The maximum atomic E-state index is 11.9. The first kappa shape index (κ1) is 13.6. The zero-order chi connectivity index (χ0) is 14.0. The van der Waals surface area contributed by atoms with E-state index in [4.69, 9.17) is 10.8 Å². The third-order valence-electron chi connectivity index (χ3n) is 2.34. The molecule has 0 saturated heterocycles. The van der Waals surface area contributed by atoms with Crippen LogP contribution in [0.1, 0.15) is 20.0 Å². The second-order valence-corrected chi connectivity index (χ2v) is 6.13. The summed E-state index contributed by atoms with van der Waals surface area (Å²) in [7, 11) is 0. The van der Waals surface area contributed by atoms with Crippen LogP contribution < -0.4 is 11.1 Å². The van der Waals surface area contributed by atoms with Gasteiger partial charge in [0, 0.05) is 0 Å². The number of hydrogen-bond acceptors (Lipinski definition) is 4. The van der Waals surface area contributed by atoms with Gasteiger partial charge in [0.05, 0.1) is 25.6 Å². The molecule has 0 atom stereocenters. The van der Waals surface area contributed by atoms with Crippen LogP contribution in [0.2, 0.25) is 0 Å². The number of nitrogens with one attached hydrogen (secondary N) is 1. The highest BCUT2D eigenvalue weighted by Gasteiger charge is 2.12. The van der Waals surface area contributed by atoms with Crippen LogP contribution in [0.4, 0.5) is 11.4 Å². The first-order chi connectivity index (χ1) is 8.97. The second kappa shape index (κ2) is 5.41. The van der Waals surface area contributed by atoms with Gasteiger partial charge in [-0.2, -0.15) is 0 Å². The number of nitrogens with two attached hydrogens (primary N) is 1. The van der Waals surface area contributed by atoms with Gasteiger partial charge < -0.3 is 16.2 Å². The molecule has 4 N–H and O–H groups in total. The number of carboxylic acid groups (broad SMARTS) is 1. The number of benzene rings is 1. The third kappa shape index (κ3) is 3.12. The van der Waals surface area contributed by atoms with Crippen LogP contribution in [0.5, 0.6) is 0 Å². The summed E-state index contributed by atoms with van der Waals surface area (Å²) in [6.07, 6.45) is 0. The third-order valence-corrected chi connectivity index (χ3v) is 3.97. The molecule has 7 heteroatoms. The molecule has 0 fully saturated rings. The van der Waals surface area contributed by atoms with Crippen molar-refractivity contribution in [3.63, 3.8) is 0 Å². The number of nitrogen functional groups attached to an aromatic ring is 1. The van der Waals surface area contributed by atoms with E-state index in [0.29, 0.717) is 10.6 Å². The number of anilines is 2. The second-order valence-electron chi connectivity index (χ2n) is 3.67. The highest BCUT2D eigenvalue weighted by molar-refractivity contribution is 9.11. The molecule has 0 radical (unpaired) electrons. The molecule has 0 unspecified atom stereocenters. The molecule has 1 heterocycles. The molecule has 0 aliphatic heterocycles. The smallest absolute Gasteiger partial charge is 0.335 e. The molecule has 98 valence electrons. The molecule has 19 heavy (non-hydrogen) atoms. The Morgan fingerprint density at radius 2 is 2.00 bits per heavy atom. The molecule has 1 aromatic heterocycles. The van der Waals surface area contributed by atoms with E-state index in [1.807, 2.05) is 0 Å². The van der Waals surface area contributed by atoms with E-state index in [1.54, 1.807) is 12.1 Å². The normalized spacial score (nSPS) is 10.2. The number of carbonyl (C=O) groups is 2. The lowest BCUT2D eigenvalue weighted by Crippen LogP contribution is -2.12. The average Bonchev–Trinajstić information content (AvgIpc) is 2.78. The van der Waals surface area contributed by atoms with Gasteiger partial charge in [0.15, 0.2) is 0 Å². The van der Waals surface area contributed by atoms with E-state index < -0.39 is 5.97 Å². The van der Waals surface area contributed by atoms with Gasteiger partial charge in [-0.25, -0.2) is 4.79 Å². The van der Waals surface area contributed by atoms with E-state index in [2.05, 4.69) is 21.2 Å². The van der Waals surface area contributed by atoms with Gasteiger partial charge in [0.25, 0.3) is 5.91 Å². The van der Waals surface area contributed by atoms with Crippen LogP contribution >= 0.6 is 27.3 Å². The average molecular weight is 341 g/mol. The number of thiophene rings is 1. The molecule has 0 spiro atoms. The lowest BCUT2D eigenvalue weighted by Gasteiger charge is -2.07. The quantitative estimate of drug-likeness (QED) is 0.748. The van der Waals surface area contributed by atoms with Crippen LogP contribution in [-0.2, 0) is 0 Å². The topological polar surface area (TPSA) is 92.4 Å². The number of halogens is 1. The highest BCUT2D eigenvalue weighted by Crippen LogP contribution is 2.25. The number of amides is 1. The Balaban J connectivity index is 2.20. The Kier molecular flexibility index (Phi) is 3.87. The lowest BCUT2D eigenvalue weighted by molar-refractivity contribution is 0.0697. The molecule has 2 rings (SSSR count). The van der Waals surface area contributed by atoms with Crippen LogP contribution in [-0.4, -0.2) is 17.0 Å². The van der Waals surface area contributed by atoms with Gasteiger partial charge in [0.1, 0.15) is 0 Å². The number of carboxylic acids is 1. The van der Waals surface area contributed by atoms with Gasteiger partial charge in [-0.15, -0.1) is 11.3 Å². The minimum atomic E-state index is -1.06. The number of aromatic carboxylic acids is 1. The molecular formula is C12H9BrN2O3S. The Hall–Kier alpha value is -1.86. The van der Waals surface area contributed by atoms with Crippen molar-refractivity contribution in [2.45, 2.75) is 0 Å². The molecule has 0 bridgehead atoms. The molecular weight excluding hydrogens is 332 g/mol.